The van der Waals surface area contributed by atoms with Crippen LogP contribution in [-0.2, 0) is 11.8 Å². The molecule has 28 heavy (non-hydrogen) atoms. The Morgan fingerprint density at radius 1 is 1.11 bits per heavy atom. The van der Waals surface area contributed by atoms with Crippen molar-refractivity contribution in [2.24, 2.45) is 7.05 Å². The first-order valence-corrected chi connectivity index (χ1v) is 10.0. The quantitative estimate of drug-likeness (QED) is 0.588. The van der Waals surface area contributed by atoms with E-state index in [9.17, 15) is 0 Å². The van der Waals surface area contributed by atoms with Gasteiger partial charge in [-0.3, -0.25) is 9.58 Å². The summed E-state index contributed by atoms with van der Waals surface area (Å²) in [6.07, 6.45) is 4.24. The smallest absolute Gasteiger partial charge is 0.181 e. The lowest BCUT2D eigenvalue weighted by Crippen LogP contribution is -2.36. The minimum Gasteiger partial charge on any atom is -0.494 e. The van der Waals surface area contributed by atoms with E-state index in [2.05, 4.69) is 35.1 Å². The molecule has 4 rings (SSSR count). The lowest BCUT2D eigenvalue weighted by Gasteiger charge is -2.26. The van der Waals surface area contributed by atoms with Gasteiger partial charge in [-0.15, -0.1) is 0 Å². The zero-order valence-electron chi connectivity index (χ0n) is 16.7. The maximum atomic E-state index is 5.90. The van der Waals surface area contributed by atoms with E-state index in [4.69, 9.17) is 14.5 Å². The summed E-state index contributed by atoms with van der Waals surface area (Å²) in [5.74, 6) is 0.908. The highest BCUT2D eigenvalue weighted by atomic mass is 16.5. The molecule has 0 N–H and O–H groups in total. The molecule has 1 fully saturated rings. The molecule has 6 nitrogen and oxygen atoms in total. The molecular weight excluding hydrogens is 352 g/mol. The van der Waals surface area contributed by atoms with E-state index < -0.39 is 0 Å². The fourth-order valence-corrected chi connectivity index (χ4v) is 3.59. The maximum Gasteiger partial charge on any atom is 0.181 e. The highest BCUT2D eigenvalue weighted by molar-refractivity contribution is 5.81. The Balaban J connectivity index is 1.30. The summed E-state index contributed by atoms with van der Waals surface area (Å²) in [6.45, 7) is 7.83. The zero-order chi connectivity index (χ0) is 19.3. The van der Waals surface area contributed by atoms with Gasteiger partial charge in [0.1, 0.15) is 5.75 Å². The molecule has 0 aliphatic carbocycles. The lowest BCUT2D eigenvalue weighted by atomic mass is 10.1. The second kappa shape index (κ2) is 8.71. The highest BCUT2D eigenvalue weighted by Crippen LogP contribution is 2.25. The van der Waals surface area contributed by atoms with Crippen LogP contribution in [0.1, 0.15) is 18.4 Å². The Bertz CT molecular complexity index is 914. The first-order chi connectivity index (χ1) is 13.7. The van der Waals surface area contributed by atoms with Crippen LogP contribution in [-0.4, -0.2) is 59.1 Å². The van der Waals surface area contributed by atoms with E-state index in [0.717, 1.165) is 80.3 Å². The molecule has 148 valence electrons. The van der Waals surface area contributed by atoms with Gasteiger partial charge in [0.05, 0.1) is 25.5 Å². The molecule has 3 aromatic rings. The van der Waals surface area contributed by atoms with E-state index in [0.29, 0.717) is 0 Å². The van der Waals surface area contributed by atoms with E-state index in [1.165, 1.54) is 5.56 Å². The van der Waals surface area contributed by atoms with Crippen LogP contribution in [0.25, 0.3) is 22.3 Å². The standard InChI is InChI=1S/C22H28N4O2/c1-17-15-21(23-22-20(17)16-25(2)24-22)18-5-7-19(8-6-18)28-12-4-3-9-26-10-13-27-14-11-26/h5-8,15-16H,3-4,9-14H2,1-2H3. The van der Waals surface area contributed by atoms with Crippen LogP contribution in [0.3, 0.4) is 0 Å². The van der Waals surface area contributed by atoms with E-state index in [1.807, 2.05) is 30.1 Å². The summed E-state index contributed by atoms with van der Waals surface area (Å²) in [5.41, 5.74) is 4.00. The number of hydrogen-bond donors (Lipinski definition) is 0. The first-order valence-electron chi connectivity index (χ1n) is 10.0. The van der Waals surface area contributed by atoms with Gasteiger partial charge >= 0.3 is 0 Å². The van der Waals surface area contributed by atoms with Gasteiger partial charge in [-0.25, -0.2) is 4.98 Å². The molecule has 0 atom stereocenters. The normalized spacial score (nSPS) is 15.2. The van der Waals surface area contributed by atoms with Gasteiger partial charge in [-0.2, -0.15) is 5.10 Å². The molecule has 0 unspecified atom stereocenters. The number of pyridine rings is 1. The van der Waals surface area contributed by atoms with E-state index in [-0.39, 0.29) is 0 Å². The third-order valence-corrected chi connectivity index (χ3v) is 5.20. The first kappa shape index (κ1) is 18.9. The summed E-state index contributed by atoms with van der Waals surface area (Å²) in [6, 6.07) is 10.3. The average Bonchev–Trinajstić information content (AvgIpc) is 3.10. The predicted octanol–water partition coefficient (Wildman–Crippen LogP) is 3.43. The molecule has 1 aliphatic rings. The number of nitrogens with zero attached hydrogens (tertiary/aromatic N) is 4. The van der Waals surface area contributed by atoms with Gasteiger partial charge in [0.25, 0.3) is 0 Å². The number of rotatable bonds is 7. The molecule has 0 radical (unpaired) electrons. The predicted molar refractivity (Wildman–Crippen MR) is 111 cm³/mol. The van der Waals surface area contributed by atoms with Crippen LogP contribution >= 0.6 is 0 Å². The molecule has 6 heteroatoms. The van der Waals surface area contributed by atoms with Gasteiger partial charge < -0.3 is 9.47 Å². The van der Waals surface area contributed by atoms with Crippen LogP contribution in [0.4, 0.5) is 0 Å². The molecule has 0 saturated carbocycles. The molecule has 3 heterocycles. The Morgan fingerprint density at radius 2 is 1.89 bits per heavy atom. The van der Waals surface area contributed by atoms with E-state index >= 15 is 0 Å². The molecule has 1 aromatic carbocycles. The summed E-state index contributed by atoms with van der Waals surface area (Å²) in [4.78, 5) is 7.17. The van der Waals surface area contributed by atoms with Crippen molar-refractivity contribution in [2.75, 3.05) is 39.5 Å². The van der Waals surface area contributed by atoms with Crippen LogP contribution in [0.15, 0.2) is 36.5 Å². The monoisotopic (exact) mass is 380 g/mol. The van der Waals surface area contributed by atoms with Crippen molar-refractivity contribution >= 4 is 11.0 Å². The van der Waals surface area contributed by atoms with Crippen LogP contribution in [0.2, 0.25) is 0 Å². The maximum absolute atomic E-state index is 5.90. The Morgan fingerprint density at radius 3 is 2.68 bits per heavy atom. The average molecular weight is 380 g/mol. The Kier molecular flexibility index (Phi) is 5.88. The van der Waals surface area contributed by atoms with Crippen molar-refractivity contribution in [3.05, 3.63) is 42.1 Å². The van der Waals surface area contributed by atoms with Crippen LogP contribution in [0, 0.1) is 6.92 Å². The van der Waals surface area contributed by atoms with Crippen molar-refractivity contribution in [1.82, 2.24) is 19.7 Å². The van der Waals surface area contributed by atoms with Crippen molar-refractivity contribution in [2.45, 2.75) is 19.8 Å². The number of morpholine rings is 1. The molecule has 2 aromatic heterocycles. The van der Waals surface area contributed by atoms with Crippen molar-refractivity contribution in [3.8, 4) is 17.0 Å². The fraction of sp³-hybridized carbons (Fsp3) is 0.455. The number of ether oxygens (including phenoxy) is 2. The minimum absolute atomic E-state index is 0.751. The van der Waals surface area contributed by atoms with Gasteiger partial charge in [0, 0.05) is 37.3 Å². The zero-order valence-corrected chi connectivity index (χ0v) is 16.7. The van der Waals surface area contributed by atoms with Gasteiger partial charge in [0.15, 0.2) is 5.65 Å². The number of hydrogen-bond acceptors (Lipinski definition) is 5. The van der Waals surface area contributed by atoms with Gasteiger partial charge in [0.2, 0.25) is 0 Å². The minimum atomic E-state index is 0.751. The molecule has 0 amide bonds. The van der Waals surface area contributed by atoms with Crippen molar-refractivity contribution in [1.29, 1.82) is 0 Å². The highest BCUT2D eigenvalue weighted by Gasteiger charge is 2.10. The number of unbranched alkanes of at least 4 members (excludes halogenated alkanes) is 1. The van der Waals surface area contributed by atoms with Gasteiger partial charge in [-0.1, -0.05) is 0 Å². The SMILES string of the molecule is Cc1cc(-c2ccc(OCCCCN3CCOCC3)cc2)nc2nn(C)cc12. The second-order valence-electron chi connectivity index (χ2n) is 7.40. The fourth-order valence-electron chi connectivity index (χ4n) is 3.59. The topological polar surface area (TPSA) is 52.4 Å². The van der Waals surface area contributed by atoms with E-state index in [1.54, 1.807) is 0 Å². The number of fused-ring (bicyclic) bond motifs is 1. The summed E-state index contributed by atoms with van der Waals surface area (Å²) < 4.78 is 13.1. The summed E-state index contributed by atoms with van der Waals surface area (Å²) in [7, 11) is 1.92. The summed E-state index contributed by atoms with van der Waals surface area (Å²) in [5, 5.41) is 5.54. The Hall–Kier alpha value is -2.44. The molecular formula is C22H28N4O2. The number of benzene rings is 1. The second-order valence-corrected chi connectivity index (χ2v) is 7.40. The van der Waals surface area contributed by atoms with Crippen molar-refractivity contribution in [3.63, 3.8) is 0 Å². The number of aryl methyl sites for hydroxylation is 2. The van der Waals surface area contributed by atoms with Crippen molar-refractivity contribution < 1.29 is 9.47 Å². The lowest BCUT2D eigenvalue weighted by molar-refractivity contribution is 0.0368. The third kappa shape index (κ3) is 4.51. The van der Waals surface area contributed by atoms with Gasteiger partial charge in [-0.05, 0) is 62.2 Å². The molecule has 0 spiro atoms. The number of aromatic nitrogens is 3. The molecule has 0 bridgehead atoms. The molecule has 1 saturated heterocycles. The summed E-state index contributed by atoms with van der Waals surface area (Å²) >= 11 is 0. The molecule has 1 aliphatic heterocycles. The Labute approximate surface area is 166 Å². The third-order valence-electron chi connectivity index (χ3n) is 5.20. The van der Waals surface area contributed by atoms with Crippen LogP contribution in [0.5, 0.6) is 5.75 Å². The largest absolute Gasteiger partial charge is 0.494 e. The van der Waals surface area contributed by atoms with Crippen LogP contribution < -0.4 is 4.74 Å².